The number of rotatable bonds is 4. The topological polar surface area (TPSA) is 107 Å². The van der Waals surface area contributed by atoms with Crippen LogP contribution in [0.5, 0.6) is 0 Å². The van der Waals surface area contributed by atoms with E-state index in [-0.39, 0.29) is 24.3 Å². The van der Waals surface area contributed by atoms with Crippen molar-refractivity contribution in [1.29, 1.82) is 0 Å². The third-order valence-electron chi connectivity index (χ3n) is 2.84. The van der Waals surface area contributed by atoms with Gasteiger partial charge in [0.1, 0.15) is 15.9 Å². The van der Waals surface area contributed by atoms with Crippen LogP contribution in [0.1, 0.15) is 19.8 Å². The molecule has 106 valence electrons. The van der Waals surface area contributed by atoms with Crippen molar-refractivity contribution in [3.05, 3.63) is 0 Å². The fourth-order valence-electron chi connectivity index (χ4n) is 1.75. The minimum absolute atomic E-state index is 0.0611. The first-order valence-corrected chi connectivity index (χ1v) is 8.84. The fraction of sp³-hybridized carbons (Fsp3) is 0.889. The molecule has 1 N–H and O–H groups in total. The normalized spacial score (nSPS) is 22.3. The molecule has 0 saturated carbocycles. The van der Waals surface area contributed by atoms with Gasteiger partial charge in [0.05, 0.1) is 23.9 Å². The van der Waals surface area contributed by atoms with Crippen molar-refractivity contribution in [2.75, 3.05) is 18.6 Å². The van der Waals surface area contributed by atoms with E-state index in [0.29, 0.717) is 0 Å². The van der Waals surface area contributed by atoms with Crippen molar-refractivity contribution in [2.24, 2.45) is 0 Å². The van der Waals surface area contributed by atoms with Gasteiger partial charge in [-0.3, -0.25) is 4.79 Å². The Labute approximate surface area is 107 Å². The van der Waals surface area contributed by atoms with Crippen LogP contribution in [0.3, 0.4) is 0 Å². The van der Waals surface area contributed by atoms with Crippen LogP contribution in [0.4, 0.5) is 0 Å². The molecule has 18 heavy (non-hydrogen) atoms. The van der Waals surface area contributed by atoms with E-state index >= 15 is 0 Å². The molecule has 1 rings (SSSR count). The Morgan fingerprint density at radius 1 is 1.33 bits per heavy atom. The van der Waals surface area contributed by atoms with Crippen LogP contribution in [0.25, 0.3) is 0 Å². The van der Waals surface area contributed by atoms with Crippen molar-refractivity contribution in [3.8, 4) is 0 Å². The van der Waals surface area contributed by atoms with E-state index in [9.17, 15) is 21.6 Å². The lowest BCUT2D eigenvalue weighted by Gasteiger charge is -2.23. The first-order valence-electron chi connectivity index (χ1n) is 5.47. The summed E-state index contributed by atoms with van der Waals surface area (Å²) in [6.45, 7) is 1.38. The van der Waals surface area contributed by atoms with Crippen molar-refractivity contribution in [1.82, 2.24) is 4.72 Å². The molecule has 1 unspecified atom stereocenters. The lowest BCUT2D eigenvalue weighted by Crippen LogP contribution is -2.46. The standard InChI is InChI=1S/C9H17NO6S2/c1-7(9(11)16-2)10-18(14,15)8-3-5-17(12,13)6-4-8/h7-8,10H,3-6H2,1-2H3. The Kier molecular flexibility index (Phi) is 4.73. The fourth-order valence-corrected chi connectivity index (χ4v) is 5.17. The Hall–Kier alpha value is -0.670. The molecular weight excluding hydrogens is 282 g/mol. The minimum atomic E-state index is -3.70. The van der Waals surface area contributed by atoms with E-state index in [1.165, 1.54) is 14.0 Å². The predicted molar refractivity (Wildman–Crippen MR) is 65.2 cm³/mol. The zero-order chi connectivity index (χ0) is 14.0. The number of carbonyl (C=O) groups excluding carboxylic acids is 1. The number of methoxy groups -OCH3 is 1. The van der Waals surface area contributed by atoms with Gasteiger partial charge in [0.15, 0.2) is 0 Å². The first-order chi connectivity index (χ1) is 8.18. The lowest BCUT2D eigenvalue weighted by atomic mass is 10.2. The number of esters is 1. The maximum Gasteiger partial charge on any atom is 0.323 e. The molecule has 1 atom stereocenters. The molecule has 0 bridgehead atoms. The van der Waals surface area contributed by atoms with Gasteiger partial charge in [0.2, 0.25) is 10.0 Å². The number of nitrogens with one attached hydrogen (secondary N) is 1. The second-order valence-corrected chi connectivity index (χ2v) is 8.55. The second-order valence-electron chi connectivity index (χ2n) is 4.26. The van der Waals surface area contributed by atoms with Crippen LogP contribution >= 0.6 is 0 Å². The molecule has 0 radical (unpaired) electrons. The highest BCUT2D eigenvalue weighted by atomic mass is 32.2. The summed E-state index contributed by atoms with van der Waals surface area (Å²) in [5.41, 5.74) is 0. The second kappa shape index (κ2) is 5.54. The summed E-state index contributed by atoms with van der Waals surface area (Å²) >= 11 is 0. The minimum Gasteiger partial charge on any atom is -0.468 e. The van der Waals surface area contributed by atoms with Gasteiger partial charge in [0.25, 0.3) is 0 Å². The molecule has 1 fully saturated rings. The first kappa shape index (κ1) is 15.4. The number of carbonyl (C=O) groups is 1. The van der Waals surface area contributed by atoms with E-state index in [1.54, 1.807) is 0 Å². The predicted octanol–water partition coefficient (Wildman–Crippen LogP) is -0.955. The van der Waals surface area contributed by atoms with Gasteiger partial charge < -0.3 is 4.74 Å². The third-order valence-corrected chi connectivity index (χ3v) is 6.58. The largest absolute Gasteiger partial charge is 0.468 e. The smallest absolute Gasteiger partial charge is 0.323 e. The summed E-state index contributed by atoms with van der Waals surface area (Å²) < 4.78 is 52.9. The molecule has 1 aliphatic heterocycles. The summed E-state index contributed by atoms with van der Waals surface area (Å²) in [6, 6.07) is -0.974. The molecule has 1 aliphatic rings. The molecule has 1 heterocycles. The van der Waals surface area contributed by atoms with Gasteiger partial charge in [-0.15, -0.1) is 0 Å². The molecule has 0 aromatic carbocycles. The SMILES string of the molecule is COC(=O)C(C)NS(=O)(=O)C1CCS(=O)(=O)CC1. The Morgan fingerprint density at radius 3 is 2.28 bits per heavy atom. The van der Waals surface area contributed by atoms with E-state index in [4.69, 9.17) is 0 Å². The van der Waals surface area contributed by atoms with Gasteiger partial charge in [-0.25, -0.2) is 21.6 Å². The van der Waals surface area contributed by atoms with E-state index in [0.717, 1.165) is 0 Å². The van der Waals surface area contributed by atoms with E-state index < -0.39 is 37.1 Å². The van der Waals surface area contributed by atoms with Crippen LogP contribution in [0.2, 0.25) is 0 Å². The summed E-state index contributed by atoms with van der Waals surface area (Å²) in [5.74, 6) is -0.946. The van der Waals surface area contributed by atoms with Crippen LogP contribution < -0.4 is 4.72 Å². The number of hydrogen-bond donors (Lipinski definition) is 1. The highest BCUT2D eigenvalue weighted by molar-refractivity contribution is 7.92. The monoisotopic (exact) mass is 299 g/mol. The van der Waals surface area contributed by atoms with E-state index in [2.05, 4.69) is 9.46 Å². The number of sulfonamides is 1. The molecule has 0 spiro atoms. The Balaban J connectivity index is 2.68. The van der Waals surface area contributed by atoms with Gasteiger partial charge in [-0.2, -0.15) is 0 Å². The quantitative estimate of drug-likeness (QED) is 0.670. The van der Waals surface area contributed by atoms with Crippen molar-refractivity contribution in [3.63, 3.8) is 0 Å². The van der Waals surface area contributed by atoms with Crippen LogP contribution in [-0.4, -0.2) is 52.7 Å². The van der Waals surface area contributed by atoms with Gasteiger partial charge in [-0.05, 0) is 19.8 Å². The van der Waals surface area contributed by atoms with Gasteiger partial charge in [0, 0.05) is 0 Å². The van der Waals surface area contributed by atoms with Gasteiger partial charge in [-0.1, -0.05) is 0 Å². The molecule has 0 aromatic heterocycles. The number of hydrogen-bond acceptors (Lipinski definition) is 6. The van der Waals surface area contributed by atoms with Crippen LogP contribution in [0.15, 0.2) is 0 Å². The lowest BCUT2D eigenvalue weighted by molar-refractivity contribution is -0.142. The maximum absolute atomic E-state index is 11.9. The average Bonchev–Trinajstić information content (AvgIpc) is 2.26. The van der Waals surface area contributed by atoms with Crippen molar-refractivity contribution >= 4 is 25.8 Å². The maximum atomic E-state index is 11.9. The van der Waals surface area contributed by atoms with Crippen molar-refractivity contribution in [2.45, 2.75) is 31.1 Å². The molecule has 0 aliphatic carbocycles. The molecule has 0 aromatic rings. The van der Waals surface area contributed by atoms with Crippen LogP contribution in [0, 0.1) is 0 Å². The van der Waals surface area contributed by atoms with Crippen molar-refractivity contribution < 1.29 is 26.4 Å². The molecule has 9 heteroatoms. The summed E-state index contributed by atoms with van der Waals surface area (Å²) in [7, 11) is -5.65. The molecule has 1 saturated heterocycles. The van der Waals surface area contributed by atoms with Gasteiger partial charge >= 0.3 is 5.97 Å². The zero-order valence-corrected chi connectivity index (χ0v) is 11.9. The summed E-state index contributed by atoms with van der Waals surface area (Å²) in [4.78, 5) is 11.1. The molecule has 7 nitrogen and oxygen atoms in total. The summed E-state index contributed by atoms with van der Waals surface area (Å²) in [5, 5.41) is -0.770. The average molecular weight is 299 g/mol. The number of sulfone groups is 1. The Morgan fingerprint density at radius 2 is 1.83 bits per heavy atom. The Bertz CT molecular complexity index is 495. The van der Waals surface area contributed by atoms with E-state index in [1.807, 2.05) is 0 Å². The third kappa shape index (κ3) is 3.92. The zero-order valence-electron chi connectivity index (χ0n) is 10.2. The highest BCUT2D eigenvalue weighted by Gasteiger charge is 2.34. The molecule has 0 amide bonds. The number of ether oxygens (including phenoxy) is 1. The van der Waals surface area contributed by atoms with Crippen LogP contribution in [-0.2, 0) is 29.4 Å². The highest BCUT2D eigenvalue weighted by Crippen LogP contribution is 2.18. The molecular formula is C9H17NO6S2. The summed E-state index contributed by atoms with van der Waals surface area (Å²) in [6.07, 6.45) is 0.122.